The van der Waals surface area contributed by atoms with Gasteiger partial charge in [-0.2, -0.15) is 8.42 Å². The zero-order valence-electron chi connectivity index (χ0n) is 16.4. The Morgan fingerprint density at radius 2 is 1.50 bits per heavy atom. The molecule has 0 amide bonds. The van der Waals surface area contributed by atoms with Gasteiger partial charge in [0.1, 0.15) is 0 Å². The molecule has 3 N–H and O–H groups in total. The second kappa shape index (κ2) is 12.1. The highest BCUT2D eigenvalue weighted by Gasteiger charge is 2.38. The molecule has 0 radical (unpaired) electrons. The standard InChI is InChI=1S/C18H35O6PS/c1-15(2)9-7-11-17(4)13-8-12-16(3)10-5-6-14-18(25(19,20)21)26(22,23)24/h10,13,15,18H,5-9,11-12,14H2,1-4H3,(H2,19,20,21)(H,22,23,24). The predicted octanol–water partition coefficient (Wildman–Crippen LogP) is 5.05. The van der Waals surface area contributed by atoms with Gasteiger partial charge in [0, 0.05) is 0 Å². The van der Waals surface area contributed by atoms with Crippen LogP contribution >= 0.6 is 7.60 Å². The summed E-state index contributed by atoms with van der Waals surface area (Å²) in [6.45, 7) is 8.60. The largest absolute Gasteiger partial charge is 0.346 e. The fourth-order valence-corrected chi connectivity index (χ4v) is 5.04. The summed E-state index contributed by atoms with van der Waals surface area (Å²) in [7, 11) is -9.62. The second-order valence-corrected chi connectivity index (χ2v) is 11.2. The van der Waals surface area contributed by atoms with Crippen molar-refractivity contribution >= 4 is 17.7 Å². The molecule has 26 heavy (non-hydrogen) atoms. The van der Waals surface area contributed by atoms with Crippen LogP contribution in [0.5, 0.6) is 0 Å². The minimum absolute atomic E-state index is 0.262. The number of hydrogen-bond acceptors (Lipinski definition) is 3. The van der Waals surface area contributed by atoms with Crippen molar-refractivity contribution < 1.29 is 27.3 Å². The lowest BCUT2D eigenvalue weighted by molar-refractivity contribution is 0.360. The van der Waals surface area contributed by atoms with Crippen LogP contribution in [0.4, 0.5) is 0 Å². The van der Waals surface area contributed by atoms with Gasteiger partial charge in [0.2, 0.25) is 0 Å². The van der Waals surface area contributed by atoms with Crippen molar-refractivity contribution in [2.75, 3.05) is 0 Å². The van der Waals surface area contributed by atoms with Gasteiger partial charge in [-0.3, -0.25) is 9.12 Å². The molecule has 8 heteroatoms. The maximum absolute atomic E-state index is 11.2. The highest BCUT2D eigenvalue weighted by Crippen LogP contribution is 2.46. The summed E-state index contributed by atoms with van der Waals surface area (Å²) in [5.74, 6) is 0.735. The summed E-state index contributed by atoms with van der Waals surface area (Å²) >= 11 is 0. The lowest BCUT2D eigenvalue weighted by Crippen LogP contribution is -2.20. The normalized spacial score (nSPS) is 15.5. The highest BCUT2D eigenvalue weighted by molar-refractivity contribution is 7.93. The molecule has 0 bridgehead atoms. The molecule has 0 aliphatic rings. The maximum atomic E-state index is 11.2. The minimum Gasteiger partial charge on any atom is -0.323 e. The van der Waals surface area contributed by atoms with Crippen molar-refractivity contribution in [1.29, 1.82) is 0 Å². The van der Waals surface area contributed by atoms with Gasteiger partial charge in [0.25, 0.3) is 10.1 Å². The van der Waals surface area contributed by atoms with Crippen molar-refractivity contribution in [3.05, 3.63) is 23.3 Å². The summed E-state index contributed by atoms with van der Waals surface area (Å²) in [4.78, 5) is 16.0. The van der Waals surface area contributed by atoms with Gasteiger partial charge < -0.3 is 9.79 Å². The number of allylic oxidation sites excluding steroid dienone is 4. The SMILES string of the molecule is CC(=CCCCC(P(=O)(O)O)S(=O)(=O)O)CCC=C(C)CCCC(C)C. The third-order valence-electron chi connectivity index (χ3n) is 4.25. The van der Waals surface area contributed by atoms with Gasteiger partial charge in [-0.25, -0.2) is 0 Å². The zero-order valence-corrected chi connectivity index (χ0v) is 18.1. The molecule has 1 atom stereocenters. The molecule has 0 heterocycles. The summed E-state index contributed by atoms with van der Waals surface area (Å²) in [5.41, 5.74) is 2.56. The second-order valence-electron chi connectivity index (χ2n) is 7.42. The van der Waals surface area contributed by atoms with Crippen molar-refractivity contribution in [3.63, 3.8) is 0 Å². The monoisotopic (exact) mass is 410 g/mol. The molecule has 0 rings (SSSR count). The Morgan fingerprint density at radius 3 is 2.00 bits per heavy atom. The van der Waals surface area contributed by atoms with Crippen LogP contribution in [0.2, 0.25) is 0 Å². The molecule has 0 saturated heterocycles. The maximum Gasteiger partial charge on any atom is 0.346 e. The Kier molecular flexibility index (Phi) is 11.9. The van der Waals surface area contributed by atoms with Crippen LogP contribution in [0.25, 0.3) is 0 Å². The summed E-state index contributed by atoms with van der Waals surface area (Å²) in [5, 5.41) is 0. The fraction of sp³-hybridized carbons (Fsp3) is 0.778. The van der Waals surface area contributed by atoms with Gasteiger partial charge in [0.05, 0.1) is 0 Å². The smallest absolute Gasteiger partial charge is 0.323 e. The molecule has 0 fully saturated rings. The lowest BCUT2D eigenvalue weighted by atomic mass is 10.0. The van der Waals surface area contributed by atoms with E-state index in [0.717, 1.165) is 30.8 Å². The first kappa shape index (κ1) is 25.5. The van der Waals surface area contributed by atoms with Crippen molar-refractivity contribution in [2.45, 2.75) is 84.1 Å². The average Bonchev–Trinajstić information content (AvgIpc) is 2.43. The van der Waals surface area contributed by atoms with Gasteiger partial charge in [-0.15, -0.1) is 0 Å². The Morgan fingerprint density at radius 1 is 0.962 bits per heavy atom. The third kappa shape index (κ3) is 12.8. The molecule has 0 spiro atoms. The molecule has 0 aliphatic carbocycles. The van der Waals surface area contributed by atoms with Crippen LogP contribution in [-0.4, -0.2) is 27.7 Å². The first-order chi connectivity index (χ1) is 11.8. The molecule has 0 aromatic carbocycles. The Bertz CT molecular complexity index is 616. The minimum atomic E-state index is -4.87. The summed E-state index contributed by atoms with van der Waals surface area (Å²) < 4.78 is 42.2. The van der Waals surface area contributed by atoms with E-state index in [1.54, 1.807) is 0 Å². The van der Waals surface area contributed by atoms with E-state index in [9.17, 15) is 13.0 Å². The molecule has 0 aromatic heterocycles. The highest BCUT2D eigenvalue weighted by atomic mass is 32.2. The Hall–Kier alpha value is -0.460. The number of hydrogen-bond donors (Lipinski definition) is 3. The topological polar surface area (TPSA) is 112 Å². The first-order valence-electron chi connectivity index (χ1n) is 9.16. The van der Waals surface area contributed by atoms with Crippen LogP contribution in [-0.2, 0) is 14.7 Å². The van der Waals surface area contributed by atoms with E-state index in [4.69, 9.17) is 14.3 Å². The van der Waals surface area contributed by atoms with E-state index in [1.165, 1.54) is 18.4 Å². The molecule has 0 aromatic rings. The van der Waals surface area contributed by atoms with Crippen molar-refractivity contribution in [1.82, 2.24) is 0 Å². The Labute approximate surface area is 158 Å². The van der Waals surface area contributed by atoms with Gasteiger partial charge in [0.15, 0.2) is 4.99 Å². The molecular weight excluding hydrogens is 375 g/mol. The lowest BCUT2D eigenvalue weighted by Gasteiger charge is -2.14. The van der Waals surface area contributed by atoms with E-state index in [1.807, 2.05) is 13.0 Å². The van der Waals surface area contributed by atoms with E-state index in [-0.39, 0.29) is 12.8 Å². The van der Waals surface area contributed by atoms with Crippen molar-refractivity contribution in [3.8, 4) is 0 Å². The molecule has 6 nitrogen and oxygen atoms in total. The van der Waals surface area contributed by atoms with Crippen LogP contribution in [0, 0.1) is 5.92 Å². The van der Waals surface area contributed by atoms with E-state index >= 15 is 0 Å². The number of unbranched alkanes of at least 4 members (excludes halogenated alkanes) is 1. The quantitative estimate of drug-likeness (QED) is 0.170. The Balaban J connectivity index is 4.24. The molecule has 0 saturated carbocycles. The van der Waals surface area contributed by atoms with Crippen LogP contribution in [0.3, 0.4) is 0 Å². The van der Waals surface area contributed by atoms with Crippen molar-refractivity contribution in [2.24, 2.45) is 5.92 Å². The molecule has 154 valence electrons. The summed E-state index contributed by atoms with van der Waals surface area (Å²) in [6.07, 6.45) is 10.2. The fourth-order valence-electron chi connectivity index (χ4n) is 2.67. The van der Waals surface area contributed by atoms with E-state index < -0.39 is 22.7 Å². The van der Waals surface area contributed by atoms with Crippen LogP contribution < -0.4 is 0 Å². The van der Waals surface area contributed by atoms with Gasteiger partial charge in [-0.1, -0.05) is 43.6 Å². The first-order valence-corrected chi connectivity index (χ1v) is 12.3. The molecule has 1 unspecified atom stereocenters. The molecular formula is C18H35O6PS. The molecule has 0 aliphatic heterocycles. The van der Waals surface area contributed by atoms with Crippen LogP contribution in [0.15, 0.2) is 23.3 Å². The summed E-state index contributed by atoms with van der Waals surface area (Å²) in [6, 6.07) is 0. The van der Waals surface area contributed by atoms with Gasteiger partial charge >= 0.3 is 7.60 Å². The van der Waals surface area contributed by atoms with E-state index in [2.05, 4.69) is 26.8 Å². The van der Waals surface area contributed by atoms with Gasteiger partial charge in [-0.05, 0) is 64.7 Å². The van der Waals surface area contributed by atoms with Crippen LogP contribution in [0.1, 0.15) is 79.1 Å². The average molecular weight is 411 g/mol. The zero-order chi connectivity index (χ0) is 20.4. The predicted molar refractivity (Wildman–Crippen MR) is 107 cm³/mol. The third-order valence-corrected chi connectivity index (χ3v) is 7.81. The number of rotatable bonds is 13. The van der Waals surface area contributed by atoms with E-state index in [0.29, 0.717) is 6.42 Å².